The van der Waals surface area contributed by atoms with Crippen molar-refractivity contribution < 1.29 is 0 Å². The highest BCUT2D eigenvalue weighted by Gasteiger charge is 2.27. The molecule has 4 nitrogen and oxygen atoms in total. The molecule has 0 N–H and O–H groups in total. The highest BCUT2D eigenvalue weighted by Crippen LogP contribution is 2.50. The van der Waals surface area contributed by atoms with Crippen LogP contribution >= 0.6 is 90.7 Å². The van der Waals surface area contributed by atoms with Crippen LogP contribution in [0.2, 0.25) is 0 Å². The van der Waals surface area contributed by atoms with Gasteiger partial charge in [-0.1, -0.05) is 382 Å². The molecule has 0 amide bonds. The monoisotopic (exact) mass is 1480 g/mol. The molecule has 0 radical (unpaired) electrons. The highest BCUT2D eigenvalue weighted by atomic mass is 32.1. The number of rotatable bonds is 59. The van der Waals surface area contributed by atoms with Crippen LogP contribution in [0.3, 0.4) is 0 Å². The number of nitrogens with zero attached hydrogens (tertiary/aromatic N) is 4. The molecule has 8 heterocycles. The second-order valence-electron chi connectivity index (χ2n) is 29.9. The molecule has 8 aromatic rings. The summed E-state index contributed by atoms with van der Waals surface area (Å²) >= 11 is 15.4. The normalized spacial score (nSPS) is 12.7. The number of aromatic nitrogens is 4. The summed E-state index contributed by atoms with van der Waals surface area (Å²) in [7, 11) is 0. The summed E-state index contributed by atoms with van der Waals surface area (Å²) in [5.41, 5.74) is 6.06. The van der Waals surface area contributed by atoms with Crippen LogP contribution in [0.25, 0.3) is 68.6 Å². The van der Waals surface area contributed by atoms with E-state index in [-0.39, 0.29) is 0 Å². The molecule has 2 atom stereocenters. The Balaban J connectivity index is 1.09. The minimum atomic E-state index is 0.686. The highest BCUT2D eigenvalue weighted by molar-refractivity contribution is 7.34. The smallest absolute Gasteiger partial charge is 0.155 e. The molecule has 12 heteroatoms. The zero-order valence-corrected chi connectivity index (χ0v) is 69.8. The van der Waals surface area contributed by atoms with Gasteiger partial charge in [0, 0.05) is 19.5 Å². The number of fused-ring (bicyclic) bond motifs is 2. The van der Waals surface area contributed by atoms with Gasteiger partial charge in [-0.2, -0.15) is 0 Å². The van der Waals surface area contributed by atoms with Crippen molar-refractivity contribution in [2.24, 2.45) is 11.8 Å². The lowest BCUT2D eigenvalue weighted by molar-refractivity contribution is 0.401. The number of unbranched alkanes of at least 4 members (excludes halogenated alkanes) is 38. The first-order valence-electron chi connectivity index (χ1n) is 41.2. The van der Waals surface area contributed by atoms with Crippen LogP contribution in [0.5, 0.6) is 0 Å². The van der Waals surface area contributed by atoms with E-state index >= 15 is 0 Å². The molecular formula is C86H134N4S8. The van der Waals surface area contributed by atoms with E-state index in [4.69, 9.17) is 19.9 Å². The zero-order chi connectivity index (χ0) is 68.8. The molecule has 0 aromatic carbocycles. The lowest BCUT2D eigenvalue weighted by Crippen LogP contribution is -2.06. The van der Waals surface area contributed by atoms with Crippen LogP contribution in [0, 0.1) is 25.7 Å². The third-order valence-corrected chi connectivity index (χ3v) is 30.3. The van der Waals surface area contributed by atoms with Gasteiger partial charge in [-0.15, -0.1) is 45.3 Å². The maximum atomic E-state index is 5.69. The molecule has 8 aromatic heterocycles. The third kappa shape index (κ3) is 28.0. The molecule has 2 unspecified atom stereocenters. The molecule has 0 fully saturated rings. The minimum Gasteiger partial charge on any atom is -0.222 e. The Morgan fingerprint density at radius 3 is 0.786 bits per heavy atom. The summed E-state index contributed by atoms with van der Waals surface area (Å²) in [6.07, 6.45) is 70.2. The first-order valence-corrected chi connectivity index (χ1v) is 47.8. The van der Waals surface area contributed by atoms with Gasteiger partial charge in [-0.3, -0.25) is 0 Å². The fourth-order valence-corrected chi connectivity index (χ4v) is 24.2. The van der Waals surface area contributed by atoms with Crippen molar-refractivity contribution in [1.82, 2.24) is 19.9 Å². The Kier molecular flexibility index (Phi) is 40.0. The number of hydrogen-bond donors (Lipinski definition) is 0. The topological polar surface area (TPSA) is 51.6 Å². The minimum absolute atomic E-state index is 0.686. The molecule has 0 saturated heterocycles. The Labute approximate surface area is 631 Å². The molecular weight excluding hydrogens is 1350 g/mol. The van der Waals surface area contributed by atoms with E-state index in [0.29, 0.717) is 5.92 Å². The Morgan fingerprint density at radius 2 is 0.469 bits per heavy atom. The van der Waals surface area contributed by atoms with Crippen molar-refractivity contribution in [2.75, 3.05) is 0 Å². The molecule has 8 rings (SSSR count). The van der Waals surface area contributed by atoms with Gasteiger partial charge in [0.1, 0.15) is 20.0 Å². The number of thiophene rings is 4. The van der Waals surface area contributed by atoms with E-state index in [1.165, 1.54) is 390 Å². The van der Waals surface area contributed by atoms with E-state index in [0.717, 1.165) is 44.5 Å². The van der Waals surface area contributed by atoms with E-state index in [9.17, 15) is 0 Å². The summed E-state index contributed by atoms with van der Waals surface area (Å²) in [5.74, 6) is 1.44. The number of aryl methyl sites for hydroxylation is 4. The van der Waals surface area contributed by atoms with Crippen LogP contribution in [0.1, 0.15) is 382 Å². The fraction of sp³-hybridized carbons (Fsp3) is 0.721. The van der Waals surface area contributed by atoms with Gasteiger partial charge in [0.2, 0.25) is 0 Å². The van der Waals surface area contributed by atoms with Crippen LogP contribution in [0.15, 0.2) is 24.3 Å². The van der Waals surface area contributed by atoms with Crippen LogP contribution in [-0.4, -0.2) is 19.9 Å². The third-order valence-electron chi connectivity index (χ3n) is 20.9. The van der Waals surface area contributed by atoms with Crippen LogP contribution < -0.4 is 0 Å². The van der Waals surface area contributed by atoms with Gasteiger partial charge < -0.3 is 0 Å². The Hall–Kier alpha value is -2.16. The number of hydrogen-bond acceptors (Lipinski definition) is 12. The first kappa shape index (κ1) is 81.5. The van der Waals surface area contributed by atoms with Gasteiger partial charge >= 0.3 is 0 Å². The van der Waals surface area contributed by atoms with Crippen molar-refractivity contribution in [3.8, 4) is 49.3 Å². The van der Waals surface area contributed by atoms with E-state index < -0.39 is 0 Å². The maximum Gasteiger partial charge on any atom is 0.155 e. The van der Waals surface area contributed by atoms with E-state index in [2.05, 4.69) is 79.7 Å². The quantitative estimate of drug-likeness (QED) is 0.0357. The van der Waals surface area contributed by atoms with Crippen molar-refractivity contribution in [3.05, 3.63) is 56.3 Å². The largest absolute Gasteiger partial charge is 0.222 e. The molecule has 546 valence electrons. The molecule has 0 saturated carbocycles. The van der Waals surface area contributed by atoms with Gasteiger partial charge in [-0.25, -0.2) is 19.9 Å². The van der Waals surface area contributed by atoms with Gasteiger partial charge in [0.25, 0.3) is 0 Å². The van der Waals surface area contributed by atoms with Gasteiger partial charge in [0.05, 0.1) is 19.5 Å². The predicted octanol–water partition coefficient (Wildman–Crippen LogP) is 33.3. The van der Waals surface area contributed by atoms with E-state index in [1.807, 2.05) is 90.7 Å². The fourth-order valence-electron chi connectivity index (χ4n) is 15.1. The average molecular weight is 1480 g/mol. The molecule has 0 aliphatic carbocycles. The molecule has 98 heavy (non-hydrogen) atoms. The Bertz CT molecular complexity index is 3290. The van der Waals surface area contributed by atoms with Crippen LogP contribution in [0.4, 0.5) is 0 Å². The van der Waals surface area contributed by atoms with Gasteiger partial charge in [-0.05, 0) is 111 Å². The van der Waals surface area contributed by atoms with Crippen molar-refractivity contribution >= 4 is 110 Å². The number of thiazole rings is 4. The second kappa shape index (κ2) is 48.0. The SMILES string of the molecule is CCCCCCCCCCc1cc(C)sc1-c1nc2sc(-c3sc(-c4cc(CC(CCCCCCCC)CCCCCCCCCC)c(-c5nc6sc(-c7sc(C)cc7CC(CCCCCCCC)CCCCCCCCCC)nc6s5)s4)cc3CCCCCCCCCC)nc2s1. The van der Waals surface area contributed by atoms with Crippen LogP contribution in [-0.2, 0) is 25.7 Å². The standard InChI is InChI=1S/C86H134N4S8/c1-9-15-21-27-33-37-43-49-54-67(53-47-41-31-25-19-13-5)61-71-60-66(8)92-77(71)81-89-85-86(97-81)90-82(98-85)78-72(62-68(55-48-42-32-26-20-14-6)56-50-44-38-34-28-22-16-10-2)64-74(94-78)73-63-70(58-52-46-40-36-30-24-18-12-4)76(93-73)80-88-84-83(96-80)87-79(95-84)75-69(59-65(7)91-75)57-51-45-39-35-29-23-17-11-3/h59-60,63-64,67-68H,9-58,61-62H2,1-8H3. The van der Waals surface area contributed by atoms with Crippen molar-refractivity contribution in [3.63, 3.8) is 0 Å². The second-order valence-corrected chi connectivity index (χ2v) is 38.4. The van der Waals surface area contributed by atoms with Crippen molar-refractivity contribution in [2.45, 2.75) is 389 Å². The van der Waals surface area contributed by atoms with Crippen molar-refractivity contribution in [1.29, 1.82) is 0 Å². The first-order chi connectivity index (χ1) is 48.2. The molecule has 0 bridgehead atoms. The predicted molar refractivity (Wildman–Crippen MR) is 450 cm³/mol. The van der Waals surface area contributed by atoms with E-state index in [1.54, 1.807) is 5.56 Å². The summed E-state index contributed by atoms with van der Waals surface area (Å²) in [5, 5.41) is 4.73. The summed E-state index contributed by atoms with van der Waals surface area (Å²) in [6, 6.07) is 10.3. The Morgan fingerprint density at radius 1 is 0.245 bits per heavy atom. The average Bonchev–Trinajstić information content (AvgIpc) is 1.61. The molecule has 0 aliphatic heterocycles. The zero-order valence-electron chi connectivity index (χ0n) is 63.3. The summed E-state index contributed by atoms with van der Waals surface area (Å²) < 4.78 is 0. The molecule has 0 spiro atoms. The lowest BCUT2D eigenvalue weighted by atomic mass is 9.88. The summed E-state index contributed by atoms with van der Waals surface area (Å²) in [6.45, 7) is 18.6. The molecule has 0 aliphatic rings. The van der Waals surface area contributed by atoms with Gasteiger partial charge in [0.15, 0.2) is 19.3 Å². The maximum absolute atomic E-state index is 5.69. The lowest BCUT2D eigenvalue weighted by Gasteiger charge is -2.17. The summed E-state index contributed by atoms with van der Waals surface area (Å²) in [4.78, 5) is 38.0.